The minimum atomic E-state index is -0.519. The third-order valence-electron chi connectivity index (χ3n) is 5.36. The van der Waals surface area contributed by atoms with Crippen LogP contribution in [0.25, 0.3) is 0 Å². The van der Waals surface area contributed by atoms with E-state index in [4.69, 9.17) is 9.15 Å². The Morgan fingerprint density at radius 1 is 1.27 bits per heavy atom. The van der Waals surface area contributed by atoms with Crippen LogP contribution in [0.15, 0.2) is 28.7 Å². The second-order valence-electron chi connectivity index (χ2n) is 7.48. The number of rotatable bonds is 6. The van der Waals surface area contributed by atoms with E-state index in [1.54, 1.807) is 13.0 Å². The summed E-state index contributed by atoms with van der Waals surface area (Å²) >= 11 is 0. The topological polar surface area (TPSA) is 115 Å². The number of esters is 1. The summed E-state index contributed by atoms with van der Waals surface area (Å²) in [5.74, 6) is 0.433. The van der Waals surface area contributed by atoms with Gasteiger partial charge in [-0.15, -0.1) is 0 Å². The minimum Gasteiger partial charge on any atom is -0.465 e. The van der Waals surface area contributed by atoms with Crippen LogP contribution in [-0.2, 0) is 11.3 Å². The lowest BCUT2D eigenvalue weighted by atomic mass is 9.98. The number of nitrogens with one attached hydrogen (secondary N) is 1. The van der Waals surface area contributed by atoms with Crippen LogP contribution < -0.4 is 10.2 Å². The summed E-state index contributed by atoms with van der Waals surface area (Å²) in [6.07, 6.45) is 2.00. The molecule has 1 aromatic carbocycles. The van der Waals surface area contributed by atoms with E-state index in [9.17, 15) is 19.7 Å². The molecule has 1 aromatic heterocycles. The van der Waals surface area contributed by atoms with Gasteiger partial charge in [0.15, 0.2) is 0 Å². The van der Waals surface area contributed by atoms with Gasteiger partial charge in [0.2, 0.25) is 0 Å². The zero-order valence-electron chi connectivity index (χ0n) is 17.3. The van der Waals surface area contributed by atoms with Crippen molar-refractivity contribution in [1.82, 2.24) is 5.32 Å². The van der Waals surface area contributed by atoms with Crippen LogP contribution >= 0.6 is 0 Å². The average molecular weight is 415 g/mol. The molecule has 3 rings (SSSR count). The molecule has 0 aliphatic carbocycles. The normalized spacial score (nSPS) is 14.4. The molecule has 160 valence electrons. The molecule has 0 saturated carbocycles. The van der Waals surface area contributed by atoms with Gasteiger partial charge in [0, 0.05) is 25.2 Å². The fraction of sp³-hybridized carbons (Fsp3) is 0.429. The van der Waals surface area contributed by atoms with Crippen molar-refractivity contribution in [3.63, 3.8) is 0 Å². The average Bonchev–Trinajstić information content (AvgIpc) is 3.12. The number of nitro benzene ring substituents is 1. The second-order valence-corrected chi connectivity index (χ2v) is 7.48. The van der Waals surface area contributed by atoms with Crippen LogP contribution in [-0.4, -0.2) is 37.0 Å². The number of anilines is 1. The van der Waals surface area contributed by atoms with Gasteiger partial charge in [-0.1, -0.05) is 6.92 Å². The molecule has 9 nitrogen and oxygen atoms in total. The second kappa shape index (κ2) is 8.98. The van der Waals surface area contributed by atoms with Crippen molar-refractivity contribution in [2.75, 3.05) is 25.1 Å². The van der Waals surface area contributed by atoms with Gasteiger partial charge >= 0.3 is 5.97 Å². The molecule has 1 amide bonds. The van der Waals surface area contributed by atoms with Crippen LogP contribution in [0.3, 0.4) is 0 Å². The first kappa shape index (κ1) is 21.4. The summed E-state index contributed by atoms with van der Waals surface area (Å²) in [5.41, 5.74) is 1.07. The standard InChI is InChI=1S/C21H25N3O6/c1-13-6-8-23(9-7-13)19-5-4-15(24(27)28)10-18(19)20(25)22-12-16-11-17(14(2)30-16)21(26)29-3/h4-5,10-11,13H,6-9,12H2,1-3H3,(H,22,25). The molecule has 30 heavy (non-hydrogen) atoms. The van der Waals surface area contributed by atoms with Crippen LogP contribution in [0.4, 0.5) is 11.4 Å². The largest absolute Gasteiger partial charge is 0.465 e. The lowest BCUT2D eigenvalue weighted by Gasteiger charge is -2.33. The van der Waals surface area contributed by atoms with Crippen LogP contribution in [0, 0.1) is 23.0 Å². The third-order valence-corrected chi connectivity index (χ3v) is 5.36. The Bertz CT molecular complexity index is 960. The predicted molar refractivity (Wildman–Crippen MR) is 110 cm³/mol. The number of hydrogen-bond acceptors (Lipinski definition) is 7. The summed E-state index contributed by atoms with van der Waals surface area (Å²) in [6, 6.07) is 5.87. The number of non-ortho nitro benzene ring substituents is 1. The van der Waals surface area contributed by atoms with Gasteiger partial charge in [-0.3, -0.25) is 14.9 Å². The number of nitrogens with zero attached hydrogens (tertiary/aromatic N) is 2. The molecule has 1 aliphatic heterocycles. The van der Waals surface area contributed by atoms with E-state index < -0.39 is 16.8 Å². The van der Waals surface area contributed by atoms with Crippen molar-refractivity contribution in [3.8, 4) is 0 Å². The van der Waals surface area contributed by atoms with Gasteiger partial charge in [0.05, 0.1) is 29.8 Å². The van der Waals surface area contributed by atoms with Gasteiger partial charge in [-0.2, -0.15) is 0 Å². The molecule has 0 bridgehead atoms. The molecule has 0 unspecified atom stereocenters. The number of carbonyl (C=O) groups excluding carboxylic acids is 2. The number of hydrogen-bond donors (Lipinski definition) is 1. The quantitative estimate of drug-likeness (QED) is 0.436. The molecule has 1 fully saturated rings. The molecule has 2 aromatic rings. The van der Waals surface area contributed by atoms with Crippen LogP contribution in [0.2, 0.25) is 0 Å². The molecule has 0 atom stereocenters. The molecule has 0 spiro atoms. The van der Waals surface area contributed by atoms with E-state index in [0.717, 1.165) is 25.9 Å². The Morgan fingerprint density at radius 3 is 2.60 bits per heavy atom. The molecule has 1 saturated heterocycles. The van der Waals surface area contributed by atoms with Gasteiger partial charge in [-0.25, -0.2) is 4.79 Å². The number of nitro groups is 1. The zero-order chi connectivity index (χ0) is 21.8. The van der Waals surface area contributed by atoms with Crippen LogP contribution in [0.1, 0.15) is 52.0 Å². The van der Waals surface area contributed by atoms with E-state index in [2.05, 4.69) is 17.1 Å². The highest BCUT2D eigenvalue weighted by molar-refractivity contribution is 6.00. The van der Waals surface area contributed by atoms with Crippen molar-refractivity contribution in [2.24, 2.45) is 5.92 Å². The Hall–Kier alpha value is -3.36. The number of furan rings is 1. The monoisotopic (exact) mass is 415 g/mol. The highest BCUT2D eigenvalue weighted by atomic mass is 16.6. The molecule has 0 radical (unpaired) electrons. The Kier molecular flexibility index (Phi) is 6.39. The summed E-state index contributed by atoms with van der Waals surface area (Å²) in [5, 5.41) is 14.0. The van der Waals surface area contributed by atoms with Crippen molar-refractivity contribution >= 4 is 23.3 Å². The summed E-state index contributed by atoms with van der Waals surface area (Å²) in [7, 11) is 1.28. The first-order valence-corrected chi connectivity index (χ1v) is 9.79. The van der Waals surface area contributed by atoms with Crippen molar-refractivity contribution in [1.29, 1.82) is 0 Å². The maximum absolute atomic E-state index is 12.9. The van der Waals surface area contributed by atoms with Gasteiger partial charge < -0.3 is 19.4 Å². The number of methoxy groups -OCH3 is 1. The summed E-state index contributed by atoms with van der Waals surface area (Å²) in [6.45, 7) is 5.44. The maximum Gasteiger partial charge on any atom is 0.341 e. The van der Waals surface area contributed by atoms with E-state index >= 15 is 0 Å². The Labute approximate surface area is 174 Å². The minimum absolute atomic E-state index is 0.0375. The van der Waals surface area contributed by atoms with E-state index in [1.807, 2.05) is 0 Å². The first-order chi connectivity index (χ1) is 14.3. The molecule has 2 heterocycles. The van der Waals surface area contributed by atoms with E-state index in [-0.39, 0.29) is 17.8 Å². The van der Waals surface area contributed by atoms with Crippen molar-refractivity contribution in [3.05, 3.63) is 57.0 Å². The van der Waals surface area contributed by atoms with Crippen LogP contribution in [0.5, 0.6) is 0 Å². The molecule has 1 N–H and O–H groups in total. The lowest BCUT2D eigenvalue weighted by molar-refractivity contribution is -0.384. The highest BCUT2D eigenvalue weighted by Crippen LogP contribution is 2.29. The van der Waals surface area contributed by atoms with E-state index in [1.165, 1.54) is 25.3 Å². The SMILES string of the molecule is COC(=O)c1cc(CNC(=O)c2cc([N+](=O)[O-])ccc2N2CCC(C)CC2)oc1C. The predicted octanol–water partition coefficient (Wildman–Crippen LogP) is 3.45. The van der Waals surface area contributed by atoms with E-state index in [0.29, 0.717) is 28.7 Å². The summed E-state index contributed by atoms with van der Waals surface area (Å²) in [4.78, 5) is 37.4. The zero-order valence-corrected chi connectivity index (χ0v) is 17.3. The highest BCUT2D eigenvalue weighted by Gasteiger charge is 2.24. The van der Waals surface area contributed by atoms with Gasteiger partial charge in [-0.05, 0) is 37.8 Å². The number of piperidine rings is 1. The first-order valence-electron chi connectivity index (χ1n) is 9.79. The molecule has 1 aliphatic rings. The number of benzene rings is 1. The van der Waals surface area contributed by atoms with Gasteiger partial charge in [0.1, 0.15) is 17.1 Å². The fourth-order valence-electron chi connectivity index (χ4n) is 3.55. The molecular formula is C21H25N3O6. The van der Waals surface area contributed by atoms with Crippen molar-refractivity contribution < 1.29 is 23.7 Å². The number of carbonyl (C=O) groups is 2. The Balaban J connectivity index is 1.80. The van der Waals surface area contributed by atoms with Gasteiger partial charge in [0.25, 0.3) is 11.6 Å². The Morgan fingerprint density at radius 2 is 1.97 bits per heavy atom. The number of aryl methyl sites for hydroxylation is 1. The fourth-order valence-corrected chi connectivity index (χ4v) is 3.55. The number of amides is 1. The molecular weight excluding hydrogens is 390 g/mol. The number of ether oxygens (including phenoxy) is 1. The molecule has 9 heteroatoms. The summed E-state index contributed by atoms with van der Waals surface area (Å²) < 4.78 is 10.2. The third kappa shape index (κ3) is 4.61. The maximum atomic E-state index is 12.9. The smallest absolute Gasteiger partial charge is 0.341 e. The lowest BCUT2D eigenvalue weighted by Crippen LogP contribution is -2.35. The van der Waals surface area contributed by atoms with Crippen molar-refractivity contribution in [2.45, 2.75) is 33.2 Å².